The van der Waals surface area contributed by atoms with Crippen LogP contribution in [0.2, 0.25) is 0 Å². The number of hydrogen-bond acceptors (Lipinski definition) is 5. The van der Waals surface area contributed by atoms with Gasteiger partial charge in [-0.3, -0.25) is 4.79 Å². The highest BCUT2D eigenvalue weighted by molar-refractivity contribution is 5.93. The quantitative estimate of drug-likeness (QED) is 0.618. The number of rotatable bonds is 9. The third-order valence-electron chi connectivity index (χ3n) is 4.19. The van der Waals surface area contributed by atoms with Gasteiger partial charge in [0.2, 0.25) is 0 Å². The van der Waals surface area contributed by atoms with E-state index in [2.05, 4.69) is 15.6 Å². The fourth-order valence-electron chi connectivity index (χ4n) is 2.85. The van der Waals surface area contributed by atoms with E-state index < -0.39 is 0 Å². The molecule has 0 spiro atoms. The Hall–Kier alpha value is -3.19. The van der Waals surface area contributed by atoms with Crippen LogP contribution in [0.4, 0.5) is 0 Å². The molecule has 1 N–H and O–H groups in total. The average molecular weight is 380 g/mol. The van der Waals surface area contributed by atoms with Gasteiger partial charge in [-0.1, -0.05) is 35.5 Å². The molecular formula is C21H24N4O3. The number of methoxy groups -OCH3 is 1. The van der Waals surface area contributed by atoms with Crippen LogP contribution in [-0.4, -0.2) is 41.2 Å². The van der Waals surface area contributed by atoms with Gasteiger partial charge in [0, 0.05) is 13.7 Å². The Morgan fingerprint density at radius 1 is 1.11 bits per heavy atom. The van der Waals surface area contributed by atoms with Crippen molar-refractivity contribution in [2.75, 3.05) is 20.3 Å². The molecule has 28 heavy (non-hydrogen) atoms. The van der Waals surface area contributed by atoms with E-state index in [1.807, 2.05) is 61.5 Å². The maximum atomic E-state index is 12.6. The molecule has 0 unspecified atom stereocenters. The third-order valence-corrected chi connectivity index (χ3v) is 4.19. The van der Waals surface area contributed by atoms with Crippen LogP contribution in [0, 0.1) is 0 Å². The molecule has 0 aliphatic carbocycles. The second kappa shape index (κ2) is 9.66. The molecule has 0 aliphatic rings. The second-order valence-corrected chi connectivity index (χ2v) is 6.15. The van der Waals surface area contributed by atoms with Crippen molar-refractivity contribution >= 4 is 5.91 Å². The van der Waals surface area contributed by atoms with Crippen molar-refractivity contribution in [3.8, 4) is 11.4 Å². The Labute approximate surface area is 164 Å². The molecule has 0 saturated carbocycles. The highest BCUT2D eigenvalue weighted by atomic mass is 16.5. The number of nitrogens with zero attached hydrogens (tertiary/aromatic N) is 3. The first-order chi connectivity index (χ1) is 13.7. The fraction of sp³-hybridized carbons (Fsp3) is 0.286. The number of carbonyl (C=O) groups excluding carboxylic acids is 1. The van der Waals surface area contributed by atoms with Crippen LogP contribution in [0.25, 0.3) is 5.69 Å². The van der Waals surface area contributed by atoms with Crippen LogP contribution < -0.4 is 10.1 Å². The minimum absolute atomic E-state index is 0.224. The molecule has 3 aromatic rings. The molecule has 3 rings (SSSR count). The predicted molar refractivity (Wildman–Crippen MR) is 106 cm³/mol. The molecule has 0 radical (unpaired) electrons. The van der Waals surface area contributed by atoms with E-state index in [1.165, 1.54) is 0 Å². The first-order valence-electron chi connectivity index (χ1n) is 9.21. The number of hydrogen-bond donors (Lipinski definition) is 1. The van der Waals surface area contributed by atoms with Gasteiger partial charge in [-0.2, -0.15) is 0 Å². The van der Waals surface area contributed by atoms with Gasteiger partial charge in [-0.25, -0.2) is 4.68 Å². The highest BCUT2D eigenvalue weighted by Gasteiger charge is 2.20. The Morgan fingerprint density at radius 3 is 2.54 bits per heavy atom. The molecule has 1 aromatic heterocycles. The summed E-state index contributed by atoms with van der Waals surface area (Å²) < 4.78 is 12.4. The minimum Gasteiger partial charge on any atom is -0.494 e. The molecule has 2 aromatic carbocycles. The van der Waals surface area contributed by atoms with Crippen molar-refractivity contribution < 1.29 is 14.3 Å². The SMILES string of the molecule is CCOc1ccc(-n2nnc(C(=O)NCCc3ccccc3)c2COC)cc1. The molecule has 0 fully saturated rings. The van der Waals surface area contributed by atoms with Crippen LogP contribution in [0.1, 0.15) is 28.7 Å². The van der Waals surface area contributed by atoms with Gasteiger partial charge in [-0.05, 0) is 43.2 Å². The zero-order chi connectivity index (χ0) is 19.8. The second-order valence-electron chi connectivity index (χ2n) is 6.15. The van der Waals surface area contributed by atoms with E-state index in [0.717, 1.165) is 23.4 Å². The largest absolute Gasteiger partial charge is 0.494 e. The fourth-order valence-corrected chi connectivity index (χ4v) is 2.85. The average Bonchev–Trinajstić information content (AvgIpc) is 3.14. The Kier molecular flexibility index (Phi) is 6.75. The Bertz CT molecular complexity index is 892. The van der Waals surface area contributed by atoms with E-state index >= 15 is 0 Å². The molecule has 146 valence electrons. The lowest BCUT2D eigenvalue weighted by molar-refractivity contribution is 0.0943. The summed E-state index contributed by atoms with van der Waals surface area (Å²) in [6.07, 6.45) is 0.749. The number of ether oxygens (including phenoxy) is 2. The van der Waals surface area contributed by atoms with Crippen molar-refractivity contribution in [2.45, 2.75) is 20.0 Å². The van der Waals surface area contributed by atoms with Crippen LogP contribution in [0.3, 0.4) is 0 Å². The van der Waals surface area contributed by atoms with Crippen LogP contribution in [0.5, 0.6) is 5.75 Å². The van der Waals surface area contributed by atoms with Crippen molar-refractivity contribution in [3.05, 3.63) is 71.5 Å². The number of aromatic nitrogens is 3. The molecular weight excluding hydrogens is 356 g/mol. The van der Waals surface area contributed by atoms with E-state index in [0.29, 0.717) is 18.8 Å². The Balaban J connectivity index is 1.73. The van der Waals surface area contributed by atoms with Gasteiger partial charge < -0.3 is 14.8 Å². The van der Waals surface area contributed by atoms with E-state index in [1.54, 1.807) is 11.8 Å². The van der Waals surface area contributed by atoms with Crippen molar-refractivity contribution in [2.24, 2.45) is 0 Å². The summed E-state index contributed by atoms with van der Waals surface area (Å²) >= 11 is 0. The molecule has 1 amide bonds. The molecule has 0 aliphatic heterocycles. The maximum absolute atomic E-state index is 12.6. The lowest BCUT2D eigenvalue weighted by Crippen LogP contribution is -2.27. The number of nitrogens with one attached hydrogen (secondary N) is 1. The summed E-state index contributed by atoms with van der Waals surface area (Å²) in [7, 11) is 1.58. The van der Waals surface area contributed by atoms with Crippen molar-refractivity contribution in [3.63, 3.8) is 0 Å². The minimum atomic E-state index is -0.264. The molecule has 0 atom stereocenters. The summed E-state index contributed by atoms with van der Waals surface area (Å²) in [6, 6.07) is 17.5. The number of carbonyl (C=O) groups is 1. The summed E-state index contributed by atoms with van der Waals surface area (Å²) in [5.74, 6) is 0.513. The molecule has 7 nitrogen and oxygen atoms in total. The number of amides is 1. The number of benzene rings is 2. The highest BCUT2D eigenvalue weighted by Crippen LogP contribution is 2.18. The smallest absolute Gasteiger partial charge is 0.273 e. The Morgan fingerprint density at radius 2 is 1.86 bits per heavy atom. The molecule has 1 heterocycles. The summed E-state index contributed by atoms with van der Waals surface area (Å²) in [6.45, 7) is 3.28. The molecule has 0 saturated heterocycles. The van der Waals surface area contributed by atoms with Gasteiger partial charge in [0.25, 0.3) is 5.91 Å². The van der Waals surface area contributed by atoms with Crippen LogP contribution in [-0.2, 0) is 17.8 Å². The van der Waals surface area contributed by atoms with E-state index in [9.17, 15) is 4.79 Å². The van der Waals surface area contributed by atoms with Crippen molar-refractivity contribution in [1.29, 1.82) is 0 Å². The van der Waals surface area contributed by atoms with Gasteiger partial charge >= 0.3 is 0 Å². The standard InChI is InChI=1S/C21H24N4O3/c1-3-28-18-11-9-17(10-12-18)25-19(15-27-2)20(23-24-25)21(26)22-14-13-16-7-5-4-6-8-16/h4-12H,3,13-15H2,1-2H3,(H,22,26). The summed E-state index contributed by atoms with van der Waals surface area (Å²) in [4.78, 5) is 12.6. The summed E-state index contributed by atoms with van der Waals surface area (Å²) in [5, 5.41) is 11.1. The zero-order valence-electron chi connectivity index (χ0n) is 16.1. The topological polar surface area (TPSA) is 78.3 Å². The van der Waals surface area contributed by atoms with Gasteiger partial charge in [0.15, 0.2) is 5.69 Å². The zero-order valence-corrected chi connectivity index (χ0v) is 16.1. The normalized spacial score (nSPS) is 10.6. The van der Waals surface area contributed by atoms with Crippen molar-refractivity contribution in [1.82, 2.24) is 20.3 Å². The van der Waals surface area contributed by atoms with Gasteiger partial charge in [0.05, 0.1) is 18.9 Å². The molecule has 7 heteroatoms. The van der Waals surface area contributed by atoms with Crippen LogP contribution in [0.15, 0.2) is 54.6 Å². The van der Waals surface area contributed by atoms with Gasteiger partial charge in [0.1, 0.15) is 11.4 Å². The first-order valence-corrected chi connectivity index (χ1v) is 9.21. The van der Waals surface area contributed by atoms with E-state index in [-0.39, 0.29) is 18.2 Å². The summed E-state index contributed by atoms with van der Waals surface area (Å²) in [5.41, 5.74) is 2.82. The lowest BCUT2D eigenvalue weighted by Gasteiger charge is -2.09. The predicted octanol–water partition coefficient (Wildman–Crippen LogP) is 2.78. The lowest BCUT2D eigenvalue weighted by atomic mass is 10.1. The van der Waals surface area contributed by atoms with Crippen LogP contribution >= 0.6 is 0 Å². The molecule has 0 bridgehead atoms. The first kappa shape index (κ1) is 19.6. The maximum Gasteiger partial charge on any atom is 0.273 e. The van der Waals surface area contributed by atoms with Gasteiger partial charge in [-0.15, -0.1) is 5.10 Å². The monoisotopic (exact) mass is 380 g/mol. The third kappa shape index (κ3) is 4.75. The van der Waals surface area contributed by atoms with E-state index in [4.69, 9.17) is 9.47 Å².